The number of carbonyl (C=O) groups excluding carboxylic acids is 2. The lowest BCUT2D eigenvalue weighted by Crippen LogP contribution is -2.39. The van der Waals surface area contributed by atoms with Crippen molar-refractivity contribution in [3.05, 3.63) is 23.8 Å². The minimum absolute atomic E-state index is 0. The van der Waals surface area contributed by atoms with E-state index in [4.69, 9.17) is 0 Å². The largest absolute Gasteiger partial charge is 0.416 e. The van der Waals surface area contributed by atoms with Crippen molar-refractivity contribution in [3.8, 4) is 0 Å². The van der Waals surface area contributed by atoms with Crippen LogP contribution < -0.4 is 16.0 Å². The third-order valence-corrected chi connectivity index (χ3v) is 4.98. The van der Waals surface area contributed by atoms with Crippen LogP contribution in [0.15, 0.2) is 18.2 Å². The second-order valence-corrected chi connectivity index (χ2v) is 7.17. The molecule has 0 radical (unpaired) electrons. The highest BCUT2D eigenvalue weighted by Crippen LogP contribution is 2.35. The summed E-state index contributed by atoms with van der Waals surface area (Å²) in [4.78, 5) is 23.7. The van der Waals surface area contributed by atoms with Crippen LogP contribution in [-0.2, 0) is 15.8 Å². The predicted molar refractivity (Wildman–Crippen MR) is 98.9 cm³/mol. The lowest BCUT2D eigenvalue weighted by molar-refractivity contribution is -0.137. The van der Waals surface area contributed by atoms with Gasteiger partial charge in [-0.15, -0.1) is 12.4 Å². The highest BCUT2D eigenvalue weighted by molar-refractivity contribution is 5.99. The summed E-state index contributed by atoms with van der Waals surface area (Å²) in [6.07, 6.45) is -0.213. The monoisotopic (exact) mass is 405 g/mol. The summed E-state index contributed by atoms with van der Waals surface area (Å²) < 4.78 is 38.9. The van der Waals surface area contributed by atoms with E-state index < -0.39 is 17.6 Å². The van der Waals surface area contributed by atoms with Gasteiger partial charge in [-0.25, -0.2) is 0 Å². The molecule has 3 N–H and O–H groups in total. The average molecular weight is 406 g/mol. The van der Waals surface area contributed by atoms with E-state index in [-0.39, 0.29) is 42.0 Å². The molecule has 3 rings (SSSR count). The van der Waals surface area contributed by atoms with Gasteiger partial charge in [-0.2, -0.15) is 13.2 Å². The molecule has 0 saturated carbocycles. The molecule has 2 aliphatic heterocycles. The first-order chi connectivity index (χ1) is 12.2. The van der Waals surface area contributed by atoms with Crippen molar-refractivity contribution in [2.24, 2.45) is 5.92 Å². The van der Waals surface area contributed by atoms with E-state index in [1.807, 2.05) is 0 Å². The molecule has 0 aliphatic carbocycles. The summed E-state index contributed by atoms with van der Waals surface area (Å²) in [5.74, 6) is -0.527. The maximum atomic E-state index is 13.0. The van der Waals surface area contributed by atoms with Gasteiger partial charge in [0.15, 0.2) is 0 Å². The standard InChI is InChI=1S/C18H22F3N3O2.ClH/c1-10(25)22-15-5-2-12(18(19,20)21)9-16(15)24-17(26)8-11-6-13-3-4-14(7-11)23-13;/h2,5,9,11,13-14,23H,3-4,6-8H2,1H3,(H,22,25)(H,24,26);1H. The first-order valence-electron chi connectivity index (χ1n) is 8.75. The molecule has 0 aromatic heterocycles. The number of amides is 2. The number of anilines is 2. The van der Waals surface area contributed by atoms with Gasteiger partial charge < -0.3 is 16.0 Å². The molecule has 2 atom stereocenters. The number of benzene rings is 1. The summed E-state index contributed by atoms with van der Waals surface area (Å²) in [7, 11) is 0. The summed E-state index contributed by atoms with van der Waals surface area (Å²) >= 11 is 0. The number of piperidine rings is 1. The number of carbonyl (C=O) groups is 2. The lowest BCUT2D eigenvalue weighted by Gasteiger charge is -2.28. The molecule has 2 bridgehead atoms. The Balaban J connectivity index is 0.00000261. The van der Waals surface area contributed by atoms with Gasteiger partial charge in [-0.05, 0) is 49.8 Å². The SMILES string of the molecule is CC(=O)Nc1ccc(C(F)(F)F)cc1NC(=O)CC1CC2CCC(C1)N2.Cl. The van der Waals surface area contributed by atoms with Crippen LogP contribution in [-0.4, -0.2) is 23.9 Å². The van der Waals surface area contributed by atoms with Crippen LogP contribution in [0.3, 0.4) is 0 Å². The Hall–Kier alpha value is -1.80. The van der Waals surface area contributed by atoms with Crippen LogP contribution >= 0.6 is 12.4 Å². The lowest BCUT2D eigenvalue weighted by atomic mass is 9.89. The molecule has 5 nitrogen and oxygen atoms in total. The number of halogens is 4. The van der Waals surface area contributed by atoms with Gasteiger partial charge in [-0.1, -0.05) is 0 Å². The Morgan fingerprint density at radius 3 is 2.30 bits per heavy atom. The molecule has 2 saturated heterocycles. The highest BCUT2D eigenvalue weighted by Gasteiger charge is 2.34. The average Bonchev–Trinajstić information content (AvgIpc) is 2.86. The van der Waals surface area contributed by atoms with Crippen molar-refractivity contribution in [2.45, 2.75) is 57.3 Å². The quantitative estimate of drug-likeness (QED) is 0.710. The molecule has 2 heterocycles. The zero-order valence-electron chi connectivity index (χ0n) is 14.9. The van der Waals surface area contributed by atoms with Crippen LogP contribution in [0.25, 0.3) is 0 Å². The van der Waals surface area contributed by atoms with Gasteiger partial charge in [0.25, 0.3) is 0 Å². The minimum atomic E-state index is -4.53. The van der Waals surface area contributed by atoms with Gasteiger partial charge in [0.05, 0.1) is 16.9 Å². The first-order valence-corrected chi connectivity index (χ1v) is 8.75. The fraction of sp³-hybridized carbons (Fsp3) is 0.556. The molecule has 27 heavy (non-hydrogen) atoms. The maximum Gasteiger partial charge on any atom is 0.416 e. The first kappa shape index (κ1) is 21.5. The molecule has 2 aliphatic rings. The van der Waals surface area contributed by atoms with E-state index in [1.165, 1.54) is 6.92 Å². The zero-order valence-corrected chi connectivity index (χ0v) is 15.7. The molecule has 9 heteroatoms. The molecule has 2 amide bonds. The number of nitrogens with one attached hydrogen (secondary N) is 3. The Morgan fingerprint density at radius 1 is 1.11 bits per heavy atom. The van der Waals surface area contributed by atoms with Crippen molar-refractivity contribution in [1.29, 1.82) is 0 Å². The van der Waals surface area contributed by atoms with E-state index in [2.05, 4.69) is 16.0 Å². The number of alkyl halides is 3. The van der Waals surface area contributed by atoms with Crippen molar-refractivity contribution in [2.75, 3.05) is 10.6 Å². The van der Waals surface area contributed by atoms with E-state index >= 15 is 0 Å². The molecule has 150 valence electrons. The molecule has 2 fully saturated rings. The maximum absolute atomic E-state index is 13.0. The Labute approximate surface area is 161 Å². The van der Waals surface area contributed by atoms with Gasteiger partial charge in [0, 0.05) is 25.4 Å². The fourth-order valence-corrected chi connectivity index (χ4v) is 3.93. The predicted octanol–water partition coefficient (Wildman–Crippen LogP) is 3.94. The Kier molecular flexibility index (Phi) is 6.75. The highest BCUT2D eigenvalue weighted by atomic mass is 35.5. The van der Waals surface area contributed by atoms with Crippen LogP contribution in [0.5, 0.6) is 0 Å². The van der Waals surface area contributed by atoms with Gasteiger partial charge in [0.1, 0.15) is 0 Å². The Bertz CT molecular complexity index is 700. The van der Waals surface area contributed by atoms with Crippen LogP contribution in [0.2, 0.25) is 0 Å². The number of rotatable bonds is 4. The normalized spacial score (nSPS) is 24.1. The van der Waals surface area contributed by atoms with E-state index in [0.29, 0.717) is 12.1 Å². The van der Waals surface area contributed by atoms with Crippen LogP contribution in [0, 0.1) is 5.92 Å². The topological polar surface area (TPSA) is 70.2 Å². The zero-order chi connectivity index (χ0) is 18.9. The fourth-order valence-electron chi connectivity index (χ4n) is 3.93. The molecule has 2 unspecified atom stereocenters. The number of hydrogen-bond donors (Lipinski definition) is 3. The third-order valence-electron chi connectivity index (χ3n) is 4.98. The minimum Gasteiger partial charge on any atom is -0.325 e. The molecular weight excluding hydrogens is 383 g/mol. The van der Waals surface area contributed by atoms with Crippen molar-refractivity contribution < 1.29 is 22.8 Å². The second kappa shape index (κ2) is 8.48. The Morgan fingerprint density at radius 2 is 1.74 bits per heavy atom. The van der Waals surface area contributed by atoms with Gasteiger partial charge in [0.2, 0.25) is 11.8 Å². The van der Waals surface area contributed by atoms with E-state index in [1.54, 1.807) is 0 Å². The van der Waals surface area contributed by atoms with Crippen molar-refractivity contribution in [3.63, 3.8) is 0 Å². The molecular formula is C18H23ClF3N3O2. The van der Waals surface area contributed by atoms with Gasteiger partial charge >= 0.3 is 6.18 Å². The summed E-state index contributed by atoms with van der Waals surface area (Å²) in [6, 6.07) is 3.77. The van der Waals surface area contributed by atoms with Crippen LogP contribution in [0.4, 0.5) is 24.5 Å². The summed E-state index contributed by atoms with van der Waals surface area (Å²) in [6.45, 7) is 1.26. The molecule has 0 spiro atoms. The van der Waals surface area contributed by atoms with Crippen LogP contribution in [0.1, 0.15) is 44.6 Å². The summed E-state index contributed by atoms with van der Waals surface area (Å²) in [5, 5.41) is 8.50. The smallest absolute Gasteiger partial charge is 0.325 e. The van der Waals surface area contributed by atoms with Crippen molar-refractivity contribution >= 4 is 35.6 Å². The summed E-state index contributed by atoms with van der Waals surface area (Å²) in [5.41, 5.74) is -0.747. The van der Waals surface area contributed by atoms with Crippen molar-refractivity contribution in [1.82, 2.24) is 5.32 Å². The third kappa shape index (κ3) is 5.59. The second-order valence-electron chi connectivity index (χ2n) is 7.17. The molecule has 1 aromatic carbocycles. The number of hydrogen-bond acceptors (Lipinski definition) is 3. The van der Waals surface area contributed by atoms with Gasteiger partial charge in [-0.3, -0.25) is 9.59 Å². The molecule has 1 aromatic rings. The van der Waals surface area contributed by atoms with E-state index in [0.717, 1.165) is 43.9 Å². The number of fused-ring (bicyclic) bond motifs is 2. The van der Waals surface area contributed by atoms with E-state index in [9.17, 15) is 22.8 Å².